The maximum absolute atomic E-state index is 12.3. The lowest BCUT2D eigenvalue weighted by Gasteiger charge is -2.19. The molecule has 1 aromatic carbocycles. The summed E-state index contributed by atoms with van der Waals surface area (Å²) in [5.74, 6) is 1.20. The zero-order chi connectivity index (χ0) is 16.8. The van der Waals surface area contributed by atoms with E-state index in [9.17, 15) is 4.79 Å². The van der Waals surface area contributed by atoms with Gasteiger partial charge in [0.1, 0.15) is 17.6 Å². The fourth-order valence-electron chi connectivity index (χ4n) is 2.37. The van der Waals surface area contributed by atoms with Crippen molar-refractivity contribution in [3.05, 3.63) is 72.9 Å². The van der Waals surface area contributed by atoms with E-state index in [1.54, 1.807) is 24.1 Å². The van der Waals surface area contributed by atoms with Gasteiger partial charge in [-0.1, -0.05) is 18.2 Å². The van der Waals surface area contributed by atoms with Gasteiger partial charge >= 0.3 is 0 Å². The van der Waals surface area contributed by atoms with E-state index in [2.05, 4.69) is 10.4 Å². The van der Waals surface area contributed by atoms with Crippen LogP contribution in [0.2, 0.25) is 0 Å². The van der Waals surface area contributed by atoms with Crippen LogP contribution in [0.15, 0.2) is 71.6 Å². The summed E-state index contributed by atoms with van der Waals surface area (Å²) >= 11 is 0. The number of furan rings is 1. The number of aromatic nitrogens is 2. The fraction of sp³-hybridized carbons (Fsp3) is 0.222. The lowest BCUT2D eigenvalue weighted by atomic mass is 10.2. The Morgan fingerprint density at radius 3 is 2.75 bits per heavy atom. The van der Waals surface area contributed by atoms with Crippen molar-refractivity contribution < 1.29 is 13.9 Å². The van der Waals surface area contributed by atoms with Crippen LogP contribution in [0.25, 0.3) is 0 Å². The Morgan fingerprint density at radius 2 is 2.08 bits per heavy atom. The van der Waals surface area contributed by atoms with Crippen molar-refractivity contribution in [2.24, 2.45) is 0 Å². The molecule has 2 aromatic heterocycles. The summed E-state index contributed by atoms with van der Waals surface area (Å²) in [6.07, 6.45) is 4.54. The van der Waals surface area contributed by atoms with Crippen molar-refractivity contribution in [3.63, 3.8) is 0 Å². The van der Waals surface area contributed by atoms with Crippen molar-refractivity contribution in [3.8, 4) is 5.75 Å². The van der Waals surface area contributed by atoms with Gasteiger partial charge < -0.3 is 14.5 Å². The zero-order valence-electron chi connectivity index (χ0n) is 13.3. The van der Waals surface area contributed by atoms with Gasteiger partial charge in [-0.2, -0.15) is 5.10 Å². The minimum atomic E-state index is -0.595. The molecule has 0 aliphatic carbocycles. The normalized spacial score (nSPS) is 13.2. The lowest BCUT2D eigenvalue weighted by molar-refractivity contribution is -0.127. The van der Waals surface area contributed by atoms with Gasteiger partial charge in [0.2, 0.25) is 0 Å². The highest BCUT2D eigenvalue weighted by Gasteiger charge is 2.20. The first-order valence-electron chi connectivity index (χ1n) is 7.76. The molecular formula is C18H19N3O3. The molecule has 124 valence electrons. The van der Waals surface area contributed by atoms with E-state index in [0.717, 1.165) is 5.76 Å². The van der Waals surface area contributed by atoms with Gasteiger partial charge in [-0.25, -0.2) is 0 Å². The first-order chi connectivity index (χ1) is 11.7. The van der Waals surface area contributed by atoms with Crippen LogP contribution in [-0.4, -0.2) is 28.3 Å². The van der Waals surface area contributed by atoms with Crippen molar-refractivity contribution in [2.45, 2.75) is 19.1 Å². The predicted molar refractivity (Wildman–Crippen MR) is 88.6 cm³/mol. The van der Waals surface area contributed by atoms with Gasteiger partial charge in [0.15, 0.2) is 6.10 Å². The molecule has 0 bridgehead atoms. The topological polar surface area (TPSA) is 69.3 Å². The Hall–Kier alpha value is -3.02. The third-order valence-corrected chi connectivity index (χ3v) is 3.61. The molecule has 0 unspecified atom stereocenters. The molecule has 0 radical (unpaired) electrons. The third-order valence-electron chi connectivity index (χ3n) is 3.61. The summed E-state index contributed by atoms with van der Waals surface area (Å²) in [5, 5.41) is 7.13. The highest BCUT2D eigenvalue weighted by molar-refractivity contribution is 5.80. The second-order valence-electron chi connectivity index (χ2n) is 5.34. The summed E-state index contributed by atoms with van der Waals surface area (Å²) in [6, 6.07) is 14.6. The summed E-state index contributed by atoms with van der Waals surface area (Å²) in [4.78, 5) is 12.3. The first kappa shape index (κ1) is 15.9. The van der Waals surface area contributed by atoms with E-state index in [1.807, 2.05) is 54.7 Å². The van der Waals surface area contributed by atoms with Crippen molar-refractivity contribution >= 4 is 5.91 Å². The van der Waals surface area contributed by atoms with Gasteiger partial charge in [0.25, 0.3) is 5.91 Å². The van der Waals surface area contributed by atoms with Crippen LogP contribution >= 0.6 is 0 Å². The Morgan fingerprint density at radius 1 is 1.25 bits per heavy atom. The number of hydrogen-bond donors (Lipinski definition) is 1. The molecule has 2 atom stereocenters. The molecule has 0 spiro atoms. The molecule has 1 N–H and O–H groups in total. The number of carbonyl (C=O) groups is 1. The number of hydrogen-bond acceptors (Lipinski definition) is 4. The third kappa shape index (κ3) is 3.84. The average molecular weight is 325 g/mol. The molecule has 6 heteroatoms. The standard InChI is InChI=1S/C18H19N3O3/c1-14(24-15-7-3-2-4-8-15)18(22)19-13-16(17-9-5-12-23-17)21-11-6-10-20-21/h2-12,14,16H,13H2,1H3,(H,19,22)/t14-,16-/m0/s1. The van der Waals surface area contributed by atoms with Gasteiger partial charge in [-0.05, 0) is 37.3 Å². The highest BCUT2D eigenvalue weighted by atomic mass is 16.5. The smallest absolute Gasteiger partial charge is 0.260 e. The van der Waals surface area contributed by atoms with Gasteiger partial charge in [0.05, 0.1) is 6.26 Å². The highest BCUT2D eigenvalue weighted by Crippen LogP contribution is 2.17. The minimum Gasteiger partial charge on any atom is -0.481 e. The number of nitrogens with one attached hydrogen (secondary N) is 1. The minimum absolute atomic E-state index is 0.192. The molecule has 0 aliphatic rings. The zero-order valence-corrected chi connectivity index (χ0v) is 13.3. The molecule has 0 saturated carbocycles. The number of amides is 1. The number of ether oxygens (including phenoxy) is 1. The molecule has 24 heavy (non-hydrogen) atoms. The van der Waals surface area contributed by atoms with Crippen LogP contribution in [0.4, 0.5) is 0 Å². The molecule has 1 amide bonds. The average Bonchev–Trinajstić information content (AvgIpc) is 3.30. The summed E-state index contributed by atoms with van der Waals surface area (Å²) in [7, 11) is 0. The van der Waals surface area contributed by atoms with Crippen LogP contribution in [0.1, 0.15) is 18.7 Å². The van der Waals surface area contributed by atoms with Gasteiger partial charge in [-0.15, -0.1) is 0 Å². The summed E-state index contributed by atoms with van der Waals surface area (Å²) in [5.41, 5.74) is 0. The number of benzene rings is 1. The Kier molecular flexibility index (Phi) is 4.96. The molecule has 0 saturated heterocycles. The Balaban J connectivity index is 1.61. The number of rotatable bonds is 7. The van der Waals surface area contributed by atoms with Crippen molar-refractivity contribution in [2.75, 3.05) is 6.54 Å². The van der Waals surface area contributed by atoms with Crippen LogP contribution in [0, 0.1) is 0 Å². The quantitative estimate of drug-likeness (QED) is 0.725. The van der Waals surface area contributed by atoms with E-state index >= 15 is 0 Å². The first-order valence-corrected chi connectivity index (χ1v) is 7.76. The molecule has 3 rings (SSSR count). The van der Waals surface area contributed by atoms with E-state index < -0.39 is 6.10 Å². The lowest BCUT2D eigenvalue weighted by Crippen LogP contribution is -2.39. The summed E-state index contributed by atoms with van der Waals surface area (Å²) in [6.45, 7) is 2.08. The van der Waals surface area contributed by atoms with E-state index in [4.69, 9.17) is 9.15 Å². The molecule has 0 fully saturated rings. The van der Waals surface area contributed by atoms with Crippen LogP contribution in [-0.2, 0) is 4.79 Å². The molecule has 2 heterocycles. The second kappa shape index (κ2) is 7.50. The maximum atomic E-state index is 12.3. The maximum Gasteiger partial charge on any atom is 0.260 e. The second-order valence-corrected chi connectivity index (χ2v) is 5.34. The van der Waals surface area contributed by atoms with Crippen molar-refractivity contribution in [1.29, 1.82) is 0 Å². The van der Waals surface area contributed by atoms with Crippen LogP contribution in [0.5, 0.6) is 5.75 Å². The van der Waals surface area contributed by atoms with E-state index in [1.165, 1.54) is 0 Å². The molecular weight excluding hydrogens is 306 g/mol. The SMILES string of the molecule is C[C@H](Oc1ccccc1)C(=O)NC[C@@H](c1ccco1)n1cccn1. The van der Waals surface area contributed by atoms with Crippen LogP contribution < -0.4 is 10.1 Å². The van der Waals surface area contributed by atoms with E-state index in [0.29, 0.717) is 12.3 Å². The van der Waals surface area contributed by atoms with Crippen LogP contribution in [0.3, 0.4) is 0 Å². The number of carbonyl (C=O) groups excluding carboxylic acids is 1. The Labute approximate surface area is 140 Å². The monoisotopic (exact) mass is 325 g/mol. The molecule has 6 nitrogen and oxygen atoms in total. The largest absolute Gasteiger partial charge is 0.481 e. The van der Waals surface area contributed by atoms with E-state index in [-0.39, 0.29) is 11.9 Å². The Bertz CT molecular complexity index is 705. The molecule has 3 aromatic rings. The van der Waals surface area contributed by atoms with Gasteiger partial charge in [0, 0.05) is 18.9 Å². The summed E-state index contributed by atoms with van der Waals surface area (Å²) < 4.78 is 12.8. The molecule has 0 aliphatic heterocycles. The van der Waals surface area contributed by atoms with Crippen molar-refractivity contribution in [1.82, 2.24) is 15.1 Å². The fourth-order valence-corrected chi connectivity index (χ4v) is 2.37. The number of nitrogens with zero attached hydrogens (tertiary/aromatic N) is 2. The number of para-hydroxylation sites is 1. The predicted octanol–water partition coefficient (Wildman–Crippen LogP) is 2.65. The van der Waals surface area contributed by atoms with Gasteiger partial charge in [-0.3, -0.25) is 9.48 Å².